The number of methoxy groups -OCH3 is 1. The van der Waals surface area contributed by atoms with E-state index in [0.29, 0.717) is 19.4 Å². The van der Waals surface area contributed by atoms with E-state index in [0.717, 1.165) is 0 Å². The van der Waals surface area contributed by atoms with Crippen LogP contribution in [0.25, 0.3) is 0 Å². The van der Waals surface area contributed by atoms with Crippen LogP contribution in [0.4, 0.5) is 0 Å². The lowest BCUT2D eigenvalue weighted by atomic mass is 9.72. The van der Waals surface area contributed by atoms with Gasteiger partial charge in [-0.3, -0.25) is 52.7 Å². The van der Waals surface area contributed by atoms with Gasteiger partial charge in [0.25, 0.3) is 0 Å². The second kappa shape index (κ2) is 31.1. The van der Waals surface area contributed by atoms with Crippen LogP contribution in [0, 0.1) is 23.7 Å². The number of rotatable bonds is 28. The molecule has 13 N–H and O–H groups in total. The zero-order valence-corrected chi connectivity index (χ0v) is 53.4. The summed E-state index contributed by atoms with van der Waals surface area (Å²) in [7, 11) is 1.27. The molecule has 2 heterocycles. The van der Waals surface area contributed by atoms with Gasteiger partial charge in [-0.25, -0.2) is 0 Å². The molecule has 0 spiro atoms. The fourth-order valence-corrected chi connectivity index (χ4v) is 12.2. The Morgan fingerprint density at radius 2 is 1.25 bits per heavy atom. The van der Waals surface area contributed by atoms with Crippen LogP contribution in [-0.4, -0.2) is 200 Å². The number of hydrogen-bond acceptors (Lipinski definition) is 20. The first kappa shape index (κ1) is 72.4. The minimum absolute atomic E-state index is 0.00310. The topological polar surface area (TPSA) is 424 Å². The van der Waals surface area contributed by atoms with Crippen LogP contribution in [0.3, 0.4) is 0 Å². The number of likely N-dealkylation sites (tertiary alicyclic amines) is 1. The third-order valence-electron chi connectivity index (χ3n) is 16.7. The van der Waals surface area contributed by atoms with E-state index >= 15 is 0 Å². The highest BCUT2D eigenvalue weighted by Gasteiger charge is 2.51. The maximum atomic E-state index is 14.3. The number of Topliss-reactive ketones (excluding diaryl/α,β-unsaturated/α-hetero) is 1. The smallest absolute Gasteiger partial charge is 0.245 e. The molecule has 6 rings (SSSR count). The lowest BCUT2D eigenvalue weighted by Gasteiger charge is -2.43. The van der Waals surface area contributed by atoms with Crippen LogP contribution in [-0.2, 0) is 59.0 Å². The SMILES string of the molecule is COc1cccc2c1C(=O)c1c(O)c3c(c(O)c1C2=O)C[C@@](O)(C(=O)CO)C[C@@H]3O[C@H]1C[C@H](NC(=O)[C@H](CC(C)C)NC(=O)[C@H](CO)NC(=O)[C@H](CC(C)C)NC(=O)[C@H](CC(C)C)NC(=O)CNC(=O)[C@H](CC(C)C)NC(=O)[C@@H]2CCCN2C(C)=O)[C@H](O)[C@H](C)O1. The summed E-state index contributed by atoms with van der Waals surface area (Å²) in [6.45, 7) is 14.8. The molecule has 0 saturated carbocycles. The van der Waals surface area contributed by atoms with Crippen molar-refractivity contribution in [2.24, 2.45) is 23.7 Å². The summed E-state index contributed by atoms with van der Waals surface area (Å²) in [5, 5.41) is 85.9. The highest BCUT2D eigenvalue weighted by Crippen LogP contribution is 2.52. The van der Waals surface area contributed by atoms with Crippen molar-refractivity contribution in [3.8, 4) is 17.2 Å². The average molecular weight is 1280 g/mol. The summed E-state index contributed by atoms with van der Waals surface area (Å²) in [6, 6.07) is -4.45. The van der Waals surface area contributed by atoms with Crippen LogP contribution in [0.15, 0.2) is 18.2 Å². The predicted molar refractivity (Wildman–Crippen MR) is 324 cm³/mol. The molecule has 2 aliphatic carbocycles. The molecule has 2 saturated heterocycles. The molecule has 0 unspecified atom stereocenters. The highest BCUT2D eigenvalue weighted by molar-refractivity contribution is 6.31. The van der Waals surface area contributed by atoms with Crippen molar-refractivity contribution >= 4 is 64.6 Å². The van der Waals surface area contributed by atoms with Crippen LogP contribution in [0.5, 0.6) is 17.2 Å². The lowest BCUT2D eigenvalue weighted by molar-refractivity contribution is -0.249. The molecule has 0 radical (unpaired) electrons. The molecule has 8 amide bonds. The monoisotopic (exact) mass is 1280 g/mol. The molecule has 2 aliphatic heterocycles. The number of benzene rings is 2. The molecule has 28 nitrogen and oxygen atoms in total. The van der Waals surface area contributed by atoms with Gasteiger partial charge in [0, 0.05) is 49.4 Å². The van der Waals surface area contributed by atoms with E-state index in [1.807, 2.05) is 13.8 Å². The Hall–Kier alpha value is -7.63. The van der Waals surface area contributed by atoms with E-state index in [2.05, 4.69) is 37.2 Å². The maximum absolute atomic E-state index is 14.3. The van der Waals surface area contributed by atoms with E-state index in [-0.39, 0.29) is 89.7 Å². The first-order valence-electron chi connectivity index (χ1n) is 30.9. The Morgan fingerprint density at radius 3 is 1.80 bits per heavy atom. The molecule has 12 atom stereocenters. The van der Waals surface area contributed by atoms with Gasteiger partial charge in [-0.1, -0.05) is 67.5 Å². The van der Waals surface area contributed by atoms with Crippen molar-refractivity contribution in [1.82, 2.24) is 42.1 Å². The van der Waals surface area contributed by atoms with Gasteiger partial charge >= 0.3 is 0 Å². The van der Waals surface area contributed by atoms with Gasteiger partial charge in [-0.2, -0.15) is 0 Å². The lowest BCUT2D eigenvalue weighted by Crippen LogP contribution is -2.61. The van der Waals surface area contributed by atoms with Crippen LogP contribution in [0.1, 0.15) is 170 Å². The molecule has 2 fully saturated rings. The van der Waals surface area contributed by atoms with Crippen LogP contribution in [0.2, 0.25) is 0 Å². The first-order chi connectivity index (χ1) is 42.7. The highest BCUT2D eigenvalue weighted by atomic mass is 16.7. The number of hydrogen-bond donors (Lipinski definition) is 13. The second-order valence-corrected chi connectivity index (χ2v) is 25.8. The van der Waals surface area contributed by atoms with Gasteiger partial charge in [0.15, 0.2) is 17.9 Å². The van der Waals surface area contributed by atoms with Crippen LogP contribution < -0.4 is 42.0 Å². The molecule has 0 aromatic heterocycles. The van der Waals surface area contributed by atoms with E-state index in [4.69, 9.17) is 14.2 Å². The second-order valence-electron chi connectivity index (χ2n) is 25.8. The van der Waals surface area contributed by atoms with E-state index in [9.17, 15) is 83.4 Å². The molecular formula is C63H90N8O20. The molecule has 502 valence electrons. The zero-order valence-electron chi connectivity index (χ0n) is 53.4. The number of nitrogens with zero attached hydrogens (tertiary/aromatic N) is 1. The zero-order chi connectivity index (χ0) is 67.7. The first-order valence-corrected chi connectivity index (χ1v) is 30.9. The van der Waals surface area contributed by atoms with Gasteiger partial charge in [-0.05, 0) is 75.2 Å². The van der Waals surface area contributed by atoms with Gasteiger partial charge in [0.05, 0.1) is 55.2 Å². The predicted octanol–water partition coefficient (Wildman–Crippen LogP) is -0.113. The summed E-state index contributed by atoms with van der Waals surface area (Å²) in [5.41, 5.74) is -4.68. The van der Waals surface area contributed by atoms with Crippen molar-refractivity contribution in [3.63, 3.8) is 0 Å². The standard InChI is InChI=1S/C63H90N8O20/c1-28(2)18-37(69-62(87)42-15-13-17-71(42)33(10)74)57(82)64-25-46(76)65-38(19-29(3)4)58(83)67-40(21-31(7)8)60(85)70-41(26-72)61(86)68-39(20-30(5)6)59(84)66-36-22-47(90-32(9)52(36)77)91-44-24-63(88,45(75)27-73)23-35-49(44)56(81)51-50(54(35)79)53(78)34-14-12-16-43(89-11)48(34)55(51)80/h12,14,16,28-32,36-42,44,47,52,72-73,77,79,81,88H,13,15,17-27H2,1-11H3,(H,64,82)(H,65,76)(H,66,84)(H,67,83)(H,68,86)(H,69,87)(H,70,85)/t32-,36-,37-,38-,39-,40-,41-,42-,44-,47-,52+,63-/m0/s1. The third-order valence-corrected chi connectivity index (χ3v) is 16.7. The number of fused-ring (bicyclic) bond motifs is 3. The Balaban J connectivity index is 1.13. The van der Waals surface area contributed by atoms with Crippen LogP contribution >= 0.6 is 0 Å². The van der Waals surface area contributed by atoms with Gasteiger partial charge < -0.3 is 87.0 Å². The number of ketones is 3. The number of carbonyl (C=O) groups excluding carboxylic acids is 11. The molecule has 2 aromatic carbocycles. The Labute approximate surface area is 528 Å². The maximum Gasteiger partial charge on any atom is 0.245 e. The van der Waals surface area contributed by atoms with E-state index < -0.39 is 186 Å². The van der Waals surface area contributed by atoms with Gasteiger partial charge in [-0.15, -0.1) is 0 Å². The summed E-state index contributed by atoms with van der Waals surface area (Å²) in [6.07, 6.45) is -6.10. The third kappa shape index (κ3) is 17.3. The van der Waals surface area contributed by atoms with Crippen molar-refractivity contribution in [3.05, 3.63) is 51.6 Å². The van der Waals surface area contributed by atoms with Crippen molar-refractivity contribution in [2.45, 2.75) is 200 Å². The molecule has 2 aromatic rings. The number of carbonyl (C=O) groups is 11. The van der Waals surface area contributed by atoms with E-state index in [1.54, 1.807) is 41.5 Å². The quantitative estimate of drug-likeness (QED) is 0.0422. The summed E-state index contributed by atoms with van der Waals surface area (Å²) in [5.74, 6) is -11.0. The Kier molecular flexibility index (Phi) is 24.8. The van der Waals surface area contributed by atoms with Gasteiger partial charge in [0.2, 0.25) is 53.0 Å². The molecular weight excluding hydrogens is 1190 g/mol. The number of nitrogens with one attached hydrogen (secondary N) is 7. The number of amides is 8. The number of phenolic OH excluding ortho intramolecular Hbond substituents is 2. The minimum atomic E-state index is -2.47. The van der Waals surface area contributed by atoms with E-state index in [1.165, 1.54) is 44.1 Å². The normalized spacial score (nSPS) is 22.8. The van der Waals surface area contributed by atoms with Crippen molar-refractivity contribution in [1.29, 1.82) is 0 Å². The van der Waals surface area contributed by atoms with Gasteiger partial charge in [0.1, 0.15) is 71.8 Å². The Bertz CT molecular complexity index is 3100. The minimum Gasteiger partial charge on any atom is -0.507 e. The largest absolute Gasteiger partial charge is 0.507 e. The van der Waals surface area contributed by atoms with Crippen molar-refractivity contribution in [2.75, 3.05) is 33.4 Å². The Morgan fingerprint density at radius 1 is 0.714 bits per heavy atom. The number of aliphatic hydroxyl groups is 4. The molecule has 28 heteroatoms. The number of aromatic hydroxyl groups is 2. The fourth-order valence-electron chi connectivity index (χ4n) is 12.2. The number of aliphatic hydroxyl groups excluding tert-OH is 3. The fraction of sp³-hybridized carbons (Fsp3) is 0.635. The summed E-state index contributed by atoms with van der Waals surface area (Å²) in [4.78, 5) is 152. The summed E-state index contributed by atoms with van der Waals surface area (Å²) >= 11 is 0. The molecule has 4 aliphatic rings. The number of ether oxygens (including phenoxy) is 3. The number of phenols is 2. The summed E-state index contributed by atoms with van der Waals surface area (Å²) < 4.78 is 17.7. The van der Waals surface area contributed by atoms with Crippen molar-refractivity contribution < 1.29 is 97.6 Å². The average Bonchev–Trinajstić information content (AvgIpc) is 1.01. The molecule has 0 bridgehead atoms. The molecule has 91 heavy (non-hydrogen) atoms.